The van der Waals surface area contributed by atoms with Gasteiger partial charge in [-0.3, -0.25) is 9.59 Å². The van der Waals surface area contributed by atoms with Crippen molar-refractivity contribution in [1.82, 2.24) is 5.32 Å². The van der Waals surface area contributed by atoms with E-state index in [1.54, 1.807) is 12.2 Å². The van der Waals surface area contributed by atoms with Crippen molar-refractivity contribution in [2.75, 3.05) is 6.54 Å². The SMILES string of the molecule is O=CC1C2C=CC(O2)C1C(=O)NCCC(=O)O. The predicted molar refractivity (Wildman–Crippen MR) is 56.1 cm³/mol. The Morgan fingerprint density at radius 3 is 2.71 bits per heavy atom. The van der Waals surface area contributed by atoms with Crippen molar-refractivity contribution < 1.29 is 24.2 Å². The number of rotatable bonds is 5. The number of ether oxygens (including phenoxy) is 1. The van der Waals surface area contributed by atoms with E-state index in [9.17, 15) is 14.4 Å². The molecule has 2 aliphatic heterocycles. The Morgan fingerprint density at radius 1 is 1.35 bits per heavy atom. The average Bonchev–Trinajstić information content (AvgIpc) is 2.87. The topological polar surface area (TPSA) is 92.7 Å². The van der Waals surface area contributed by atoms with E-state index in [0.29, 0.717) is 0 Å². The molecule has 92 valence electrons. The number of aldehydes is 1. The van der Waals surface area contributed by atoms with Crippen LogP contribution in [0.25, 0.3) is 0 Å². The zero-order valence-electron chi connectivity index (χ0n) is 9.04. The van der Waals surface area contributed by atoms with E-state index >= 15 is 0 Å². The first-order valence-corrected chi connectivity index (χ1v) is 5.42. The third-order valence-corrected chi connectivity index (χ3v) is 3.05. The van der Waals surface area contributed by atoms with Crippen LogP contribution in [-0.4, -0.2) is 42.0 Å². The third-order valence-electron chi connectivity index (χ3n) is 3.05. The monoisotopic (exact) mass is 239 g/mol. The fourth-order valence-electron chi connectivity index (χ4n) is 2.23. The average molecular weight is 239 g/mol. The molecule has 6 nitrogen and oxygen atoms in total. The highest BCUT2D eigenvalue weighted by molar-refractivity contribution is 5.84. The highest BCUT2D eigenvalue weighted by Gasteiger charge is 2.49. The molecule has 2 bridgehead atoms. The third kappa shape index (κ3) is 2.21. The van der Waals surface area contributed by atoms with Crippen LogP contribution in [0.5, 0.6) is 0 Å². The van der Waals surface area contributed by atoms with Crippen LogP contribution in [-0.2, 0) is 19.1 Å². The molecule has 6 heteroatoms. The van der Waals surface area contributed by atoms with Gasteiger partial charge in [0.1, 0.15) is 6.29 Å². The van der Waals surface area contributed by atoms with Gasteiger partial charge in [-0.05, 0) is 0 Å². The zero-order chi connectivity index (χ0) is 12.4. The minimum absolute atomic E-state index is 0.0668. The highest BCUT2D eigenvalue weighted by Crippen LogP contribution is 2.37. The van der Waals surface area contributed by atoms with Gasteiger partial charge in [0.15, 0.2) is 0 Å². The summed E-state index contributed by atoms with van der Waals surface area (Å²) in [5.41, 5.74) is 0. The van der Waals surface area contributed by atoms with Crippen LogP contribution < -0.4 is 5.32 Å². The first-order chi connectivity index (χ1) is 8.13. The predicted octanol–water partition coefficient (Wildman–Crippen LogP) is -0.654. The Bertz CT molecular complexity index is 378. The van der Waals surface area contributed by atoms with Crippen LogP contribution in [0, 0.1) is 11.8 Å². The molecule has 0 radical (unpaired) electrons. The summed E-state index contributed by atoms with van der Waals surface area (Å²) in [5.74, 6) is -2.28. The van der Waals surface area contributed by atoms with E-state index < -0.39 is 17.8 Å². The molecule has 0 spiro atoms. The minimum Gasteiger partial charge on any atom is -0.481 e. The lowest BCUT2D eigenvalue weighted by molar-refractivity contribution is -0.137. The van der Waals surface area contributed by atoms with Crippen LogP contribution in [0.3, 0.4) is 0 Å². The molecule has 1 fully saturated rings. The van der Waals surface area contributed by atoms with Crippen LogP contribution in [0.4, 0.5) is 0 Å². The summed E-state index contributed by atoms with van der Waals surface area (Å²) >= 11 is 0. The fourth-order valence-corrected chi connectivity index (χ4v) is 2.23. The molecule has 0 aliphatic carbocycles. The van der Waals surface area contributed by atoms with Crippen molar-refractivity contribution in [3.8, 4) is 0 Å². The molecule has 17 heavy (non-hydrogen) atoms. The molecular formula is C11H13NO5. The second kappa shape index (κ2) is 4.67. The number of hydrogen-bond donors (Lipinski definition) is 2. The van der Waals surface area contributed by atoms with Gasteiger partial charge in [0.25, 0.3) is 0 Å². The van der Waals surface area contributed by atoms with Crippen LogP contribution in [0.2, 0.25) is 0 Å². The Kier molecular flexibility index (Phi) is 3.23. The Labute approximate surface area is 97.6 Å². The zero-order valence-corrected chi connectivity index (χ0v) is 9.04. The number of carbonyl (C=O) groups excluding carboxylic acids is 2. The summed E-state index contributed by atoms with van der Waals surface area (Å²) in [6.45, 7) is 0.0668. The van der Waals surface area contributed by atoms with E-state index in [1.807, 2.05) is 0 Å². The van der Waals surface area contributed by atoms with Gasteiger partial charge in [-0.2, -0.15) is 0 Å². The Balaban J connectivity index is 1.93. The number of amides is 1. The van der Waals surface area contributed by atoms with Gasteiger partial charge >= 0.3 is 5.97 Å². The maximum Gasteiger partial charge on any atom is 0.305 e. The number of aliphatic carboxylic acids is 1. The molecular weight excluding hydrogens is 226 g/mol. The molecule has 1 amide bonds. The quantitative estimate of drug-likeness (QED) is 0.491. The summed E-state index contributed by atoms with van der Waals surface area (Å²) in [7, 11) is 0. The van der Waals surface area contributed by atoms with Crippen molar-refractivity contribution in [3.05, 3.63) is 12.2 Å². The van der Waals surface area contributed by atoms with Gasteiger partial charge in [0, 0.05) is 6.54 Å². The molecule has 1 saturated heterocycles. The Hall–Kier alpha value is -1.69. The molecule has 0 saturated carbocycles. The largest absolute Gasteiger partial charge is 0.481 e. The van der Waals surface area contributed by atoms with E-state index in [4.69, 9.17) is 9.84 Å². The maximum absolute atomic E-state index is 11.8. The van der Waals surface area contributed by atoms with E-state index in [-0.39, 0.29) is 31.1 Å². The van der Waals surface area contributed by atoms with Crippen molar-refractivity contribution in [3.63, 3.8) is 0 Å². The standard InChI is InChI=1S/C11H13NO5/c13-5-6-7-1-2-8(17-7)10(6)11(16)12-4-3-9(14)15/h1-2,5-8,10H,3-4H2,(H,12,16)(H,14,15). The first-order valence-electron chi connectivity index (χ1n) is 5.42. The van der Waals surface area contributed by atoms with Crippen LogP contribution in [0.15, 0.2) is 12.2 Å². The molecule has 2 rings (SSSR count). The number of carbonyl (C=O) groups is 3. The van der Waals surface area contributed by atoms with Gasteiger partial charge < -0.3 is 20.0 Å². The van der Waals surface area contributed by atoms with Crippen molar-refractivity contribution in [1.29, 1.82) is 0 Å². The van der Waals surface area contributed by atoms with Crippen LogP contribution >= 0.6 is 0 Å². The smallest absolute Gasteiger partial charge is 0.305 e. The lowest BCUT2D eigenvalue weighted by Gasteiger charge is -2.19. The summed E-state index contributed by atoms with van der Waals surface area (Å²) in [6.07, 6.45) is 3.48. The molecule has 4 atom stereocenters. The summed E-state index contributed by atoms with van der Waals surface area (Å²) in [6, 6.07) is 0. The molecule has 0 aromatic carbocycles. The molecule has 2 aliphatic rings. The van der Waals surface area contributed by atoms with Crippen molar-refractivity contribution >= 4 is 18.2 Å². The lowest BCUT2D eigenvalue weighted by atomic mass is 9.83. The van der Waals surface area contributed by atoms with Gasteiger partial charge in [-0.25, -0.2) is 0 Å². The molecule has 4 unspecified atom stereocenters. The number of hydrogen-bond acceptors (Lipinski definition) is 4. The lowest BCUT2D eigenvalue weighted by Crippen LogP contribution is -2.40. The van der Waals surface area contributed by atoms with E-state index in [2.05, 4.69) is 5.32 Å². The second-order valence-corrected chi connectivity index (χ2v) is 4.12. The molecule has 2 N–H and O–H groups in total. The summed E-state index contributed by atoms with van der Waals surface area (Å²) in [4.78, 5) is 33.0. The summed E-state index contributed by atoms with van der Waals surface area (Å²) in [5, 5.41) is 11.0. The molecule has 2 heterocycles. The number of nitrogens with one attached hydrogen (secondary N) is 1. The van der Waals surface area contributed by atoms with Crippen molar-refractivity contribution in [2.45, 2.75) is 18.6 Å². The van der Waals surface area contributed by atoms with E-state index in [1.165, 1.54) is 0 Å². The normalized spacial score (nSPS) is 33.6. The molecule has 0 aromatic rings. The second-order valence-electron chi connectivity index (χ2n) is 4.12. The number of carboxylic acids is 1. The minimum atomic E-state index is -0.971. The highest BCUT2D eigenvalue weighted by atomic mass is 16.5. The van der Waals surface area contributed by atoms with E-state index in [0.717, 1.165) is 6.29 Å². The first kappa shape index (κ1) is 11.8. The molecule has 0 aromatic heterocycles. The fraction of sp³-hybridized carbons (Fsp3) is 0.545. The maximum atomic E-state index is 11.8. The number of carboxylic acid groups (broad SMARTS) is 1. The van der Waals surface area contributed by atoms with Crippen LogP contribution in [0.1, 0.15) is 6.42 Å². The van der Waals surface area contributed by atoms with Gasteiger partial charge in [0.2, 0.25) is 5.91 Å². The summed E-state index contributed by atoms with van der Waals surface area (Å²) < 4.78 is 5.42. The van der Waals surface area contributed by atoms with Gasteiger partial charge in [-0.15, -0.1) is 0 Å². The van der Waals surface area contributed by atoms with Crippen molar-refractivity contribution in [2.24, 2.45) is 11.8 Å². The Morgan fingerprint density at radius 2 is 2.06 bits per heavy atom. The van der Waals surface area contributed by atoms with Gasteiger partial charge in [-0.1, -0.05) is 12.2 Å². The number of fused-ring (bicyclic) bond motifs is 2. The van der Waals surface area contributed by atoms with Gasteiger partial charge in [0.05, 0.1) is 30.5 Å².